The highest BCUT2D eigenvalue weighted by molar-refractivity contribution is 7.91. The van der Waals surface area contributed by atoms with Crippen LogP contribution in [0.3, 0.4) is 0 Å². The molecule has 4 nitrogen and oxygen atoms in total. The minimum atomic E-state index is -5.32. The first-order valence-corrected chi connectivity index (χ1v) is 5.56. The highest BCUT2D eigenvalue weighted by atomic mass is 32.2. The minimum absolute atomic E-state index is 0.262. The monoisotopic (exact) mass is 250 g/mol. The molecule has 0 fully saturated rings. The van der Waals surface area contributed by atoms with Gasteiger partial charge in [0.1, 0.15) is 11.8 Å². The lowest BCUT2D eigenvalue weighted by Gasteiger charge is -2.08. The summed E-state index contributed by atoms with van der Waals surface area (Å²) in [5.74, 6) is -1.27. The largest absolute Gasteiger partial charge is 0.497 e. The molecule has 0 N–H and O–H groups in total. The zero-order chi connectivity index (χ0) is 12.4. The van der Waals surface area contributed by atoms with E-state index in [2.05, 4.69) is 4.98 Å². The third-order valence-electron chi connectivity index (χ3n) is 1.70. The van der Waals surface area contributed by atoms with Crippen molar-refractivity contribution in [2.45, 2.75) is 11.3 Å². The molecule has 16 heavy (non-hydrogen) atoms. The Kier molecular flexibility index (Phi) is 3.19. The van der Waals surface area contributed by atoms with Crippen molar-refractivity contribution in [2.75, 3.05) is 0 Å². The van der Waals surface area contributed by atoms with Crippen LogP contribution >= 0.6 is 0 Å². The van der Waals surface area contributed by atoms with Gasteiger partial charge in [0.2, 0.25) is 0 Å². The number of alkyl halides is 3. The molecule has 0 unspecified atom stereocenters. The number of halogens is 3. The van der Waals surface area contributed by atoms with E-state index in [0.29, 0.717) is 0 Å². The number of pyridine rings is 1. The molecular formula is C8H5F3N2O2S. The normalized spacial score (nSPS) is 12.1. The van der Waals surface area contributed by atoms with Gasteiger partial charge in [0.15, 0.2) is 0 Å². The Balaban J connectivity index is 3.13. The standard InChI is InChI=1S/C8H5F3N2O2S/c9-8(10,11)16(14,15)5-6-2-1-3-13-7(6)4-12/h1-3H,5H2. The molecule has 0 aliphatic carbocycles. The first kappa shape index (κ1) is 12.4. The summed E-state index contributed by atoms with van der Waals surface area (Å²) in [7, 11) is -5.27. The van der Waals surface area contributed by atoms with Gasteiger partial charge in [-0.3, -0.25) is 0 Å². The summed E-state index contributed by atoms with van der Waals surface area (Å²) in [5, 5.41) is 8.53. The molecule has 1 aromatic heterocycles. The minimum Gasteiger partial charge on any atom is -0.245 e. The number of aromatic nitrogens is 1. The topological polar surface area (TPSA) is 70.8 Å². The lowest BCUT2D eigenvalue weighted by atomic mass is 10.2. The maximum Gasteiger partial charge on any atom is 0.497 e. The predicted molar refractivity (Wildman–Crippen MR) is 47.6 cm³/mol. The molecule has 0 spiro atoms. The summed E-state index contributed by atoms with van der Waals surface area (Å²) in [6.45, 7) is 0. The van der Waals surface area contributed by atoms with Crippen molar-refractivity contribution in [3.05, 3.63) is 29.6 Å². The maximum absolute atomic E-state index is 12.1. The Hall–Kier alpha value is -1.62. The van der Waals surface area contributed by atoms with Crippen molar-refractivity contribution in [3.8, 4) is 6.07 Å². The van der Waals surface area contributed by atoms with Crippen LogP contribution in [0.2, 0.25) is 0 Å². The van der Waals surface area contributed by atoms with Crippen LogP contribution < -0.4 is 0 Å². The zero-order valence-electron chi connectivity index (χ0n) is 7.69. The SMILES string of the molecule is N#Cc1ncccc1CS(=O)(=O)C(F)(F)F. The molecule has 1 rings (SSSR count). The highest BCUT2D eigenvalue weighted by Crippen LogP contribution is 2.27. The van der Waals surface area contributed by atoms with Gasteiger partial charge >= 0.3 is 5.51 Å². The molecule has 0 amide bonds. The van der Waals surface area contributed by atoms with Gasteiger partial charge in [-0.25, -0.2) is 13.4 Å². The van der Waals surface area contributed by atoms with Crippen molar-refractivity contribution >= 4 is 9.84 Å². The number of nitriles is 1. The molecule has 0 aliphatic heterocycles. The Morgan fingerprint density at radius 3 is 2.56 bits per heavy atom. The van der Waals surface area contributed by atoms with E-state index >= 15 is 0 Å². The molecule has 0 saturated heterocycles. The van der Waals surface area contributed by atoms with E-state index in [-0.39, 0.29) is 11.3 Å². The summed E-state index contributed by atoms with van der Waals surface area (Å²) in [6.07, 6.45) is 1.20. The number of nitrogens with zero attached hydrogens (tertiary/aromatic N) is 2. The first-order chi connectivity index (χ1) is 7.28. The zero-order valence-corrected chi connectivity index (χ0v) is 8.51. The van der Waals surface area contributed by atoms with E-state index in [9.17, 15) is 21.6 Å². The lowest BCUT2D eigenvalue weighted by molar-refractivity contribution is -0.0437. The van der Waals surface area contributed by atoms with Crippen LogP contribution in [0.25, 0.3) is 0 Å². The molecule has 0 saturated carbocycles. The smallest absolute Gasteiger partial charge is 0.245 e. The van der Waals surface area contributed by atoms with E-state index < -0.39 is 21.1 Å². The van der Waals surface area contributed by atoms with Crippen molar-refractivity contribution < 1.29 is 21.6 Å². The van der Waals surface area contributed by atoms with Crippen molar-refractivity contribution in [2.24, 2.45) is 0 Å². The Labute approximate surface area is 89.3 Å². The van der Waals surface area contributed by atoms with Crippen LogP contribution in [0.1, 0.15) is 11.3 Å². The fourth-order valence-corrected chi connectivity index (χ4v) is 1.75. The molecular weight excluding hydrogens is 245 g/mol. The van der Waals surface area contributed by atoms with Crippen LogP contribution in [0.5, 0.6) is 0 Å². The maximum atomic E-state index is 12.1. The van der Waals surface area contributed by atoms with Crippen LogP contribution in [0, 0.1) is 11.3 Å². The first-order valence-electron chi connectivity index (χ1n) is 3.91. The predicted octanol–water partition coefficient (Wildman–Crippen LogP) is 1.39. The Bertz CT molecular complexity index is 531. The van der Waals surface area contributed by atoms with Crippen molar-refractivity contribution in [3.63, 3.8) is 0 Å². The summed E-state index contributed by atoms with van der Waals surface area (Å²) >= 11 is 0. The Morgan fingerprint density at radius 2 is 2.06 bits per heavy atom. The second-order valence-corrected chi connectivity index (χ2v) is 4.81. The summed E-state index contributed by atoms with van der Waals surface area (Å²) in [4.78, 5) is 3.47. The van der Waals surface area contributed by atoms with Crippen molar-refractivity contribution in [1.82, 2.24) is 4.98 Å². The lowest BCUT2D eigenvalue weighted by Crippen LogP contribution is -2.25. The molecule has 8 heteroatoms. The molecule has 0 radical (unpaired) electrons. The third-order valence-corrected chi connectivity index (χ3v) is 3.09. The summed E-state index contributed by atoms with van der Waals surface area (Å²) < 4.78 is 57.8. The van der Waals surface area contributed by atoms with Gasteiger partial charge in [-0.1, -0.05) is 6.07 Å². The molecule has 1 aromatic rings. The van der Waals surface area contributed by atoms with Gasteiger partial charge in [0, 0.05) is 11.8 Å². The van der Waals surface area contributed by atoms with Gasteiger partial charge in [0.05, 0.1) is 5.75 Å². The quantitative estimate of drug-likeness (QED) is 0.795. The van der Waals surface area contributed by atoms with E-state index in [1.807, 2.05) is 0 Å². The fourth-order valence-electron chi connectivity index (χ4n) is 0.942. The summed E-state index contributed by atoms with van der Waals surface area (Å²) in [6, 6.07) is 3.91. The van der Waals surface area contributed by atoms with Gasteiger partial charge in [-0.2, -0.15) is 18.4 Å². The molecule has 0 atom stereocenters. The van der Waals surface area contributed by atoms with Crippen molar-refractivity contribution in [1.29, 1.82) is 5.26 Å². The van der Waals surface area contributed by atoms with Gasteiger partial charge < -0.3 is 0 Å². The van der Waals surface area contributed by atoms with Crippen LogP contribution in [-0.2, 0) is 15.6 Å². The number of hydrogen-bond acceptors (Lipinski definition) is 4. The summed E-state index contributed by atoms with van der Waals surface area (Å²) in [5.41, 5.74) is -5.91. The fraction of sp³-hybridized carbons (Fsp3) is 0.250. The second-order valence-electron chi connectivity index (χ2n) is 2.83. The van der Waals surface area contributed by atoms with Crippen LogP contribution in [0.4, 0.5) is 13.2 Å². The van der Waals surface area contributed by atoms with Gasteiger partial charge in [0.25, 0.3) is 9.84 Å². The van der Waals surface area contributed by atoms with E-state index in [1.165, 1.54) is 18.3 Å². The Morgan fingerprint density at radius 1 is 1.44 bits per heavy atom. The van der Waals surface area contributed by atoms with E-state index in [1.54, 1.807) is 0 Å². The third kappa shape index (κ3) is 2.49. The molecule has 0 bridgehead atoms. The van der Waals surface area contributed by atoms with Crippen LogP contribution in [-0.4, -0.2) is 18.9 Å². The molecule has 1 heterocycles. The molecule has 0 aromatic carbocycles. The average molecular weight is 250 g/mol. The number of rotatable bonds is 2. The van der Waals surface area contributed by atoms with Crippen LogP contribution in [0.15, 0.2) is 18.3 Å². The van der Waals surface area contributed by atoms with Gasteiger partial charge in [-0.15, -0.1) is 0 Å². The van der Waals surface area contributed by atoms with E-state index in [0.717, 1.165) is 6.07 Å². The highest BCUT2D eigenvalue weighted by Gasteiger charge is 2.45. The van der Waals surface area contributed by atoms with E-state index in [4.69, 9.17) is 5.26 Å². The second kappa shape index (κ2) is 4.09. The number of hydrogen-bond donors (Lipinski definition) is 0. The molecule has 0 aliphatic rings. The molecule has 86 valence electrons. The van der Waals surface area contributed by atoms with Gasteiger partial charge in [-0.05, 0) is 6.07 Å². The number of sulfone groups is 1. The average Bonchev–Trinajstić information content (AvgIpc) is 2.16.